The first-order valence-corrected chi connectivity index (χ1v) is 11.1. The summed E-state index contributed by atoms with van der Waals surface area (Å²) in [5.41, 5.74) is 2.35. The molecular formula is C22H28N4O2S. The number of pyridine rings is 1. The number of anilines is 1. The summed E-state index contributed by atoms with van der Waals surface area (Å²) in [6.45, 7) is 2.05. The van der Waals surface area contributed by atoms with Crippen LogP contribution in [0.1, 0.15) is 33.6 Å². The number of hydrogen-bond donors (Lipinski definition) is 1. The van der Waals surface area contributed by atoms with Crippen LogP contribution < -0.4 is 10.2 Å². The van der Waals surface area contributed by atoms with Gasteiger partial charge in [0.2, 0.25) is 0 Å². The fraction of sp³-hybridized carbons (Fsp3) is 0.409. The number of benzene rings is 1. The molecular weight excluding hydrogens is 384 g/mol. The molecule has 0 aliphatic carbocycles. The zero-order valence-electron chi connectivity index (χ0n) is 17.2. The van der Waals surface area contributed by atoms with Crippen LogP contribution >= 0.6 is 11.8 Å². The molecule has 1 aromatic heterocycles. The molecule has 7 heteroatoms. The van der Waals surface area contributed by atoms with E-state index in [1.807, 2.05) is 60.5 Å². The summed E-state index contributed by atoms with van der Waals surface area (Å²) in [5, 5.41) is 3.82. The summed E-state index contributed by atoms with van der Waals surface area (Å²) in [4.78, 5) is 33.5. The SMILES string of the molecule is CSc1ncccc1C(=O)N1CCC(CNC(=O)c2cccc(N(C)C)c2)CC1. The lowest BCUT2D eigenvalue weighted by Gasteiger charge is -2.32. The standard InChI is InChI=1S/C22H28N4O2S/c1-25(2)18-7-4-6-17(14-18)20(27)24-15-16-9-12-26(13-10-16)22(28)19-8-5-11-23-21(19)29-3/h4-8,11,14,16H,9-10,12-13,15H2,1-3H3,(H,24,27). The highest BCUT2D eigenvalue weighted by atomic mass is 32.2. The monoisotopic (exact) mass is 412 g/mol. The molecule has 154 valence electrons. The number of thioether (sulfide) groups is 1. The van der Waals surface area contributed by atoms with Gasteiger partial charge in [-0.15, -0.1) is 11.8 Å². The second kappa shape index (κ2) is 9.78. The number of nitrogens with zero attached hydrogens (tertiary/aromatic N) is 3. The minimum Gasteiger partial charge on any atom is -0.378 e. The van der Waals surface area contributed by atoms with E-state index in [2.05, 4.69) is 10.3 Å². The summed E-state index contributed by atoms with van der Waals surface area (Å²) in [6, 6.07) is 11.3. The smallest absolute Gasteiger partial charge is 0.256 e. The van der Waals surface area contributed by atoms with Crippen molar-refractivity contribution in [3.8, 4) is 0 Å². The van der Waals surface area contributed by atoms with Gasteiger partial charge in [0.15, 0.2) is 0 Å². The minimum atomic E-state index is -0.0489. The first-order valence-electron chi connectivity index (χ1n) is 9.83. The number of nitrogens with one attached hydrogen (secondary N) is 1. The number of carbonyl (C=O) groups excluding carboxylic acids is 2. The summed E-state index contributed by atoms with van der Waals surface area (Å²) < 4.78 is 0. The first-order chi connectivity index (χ1) is 14.0. The molecule has 0 bridgehead atoms. The van der Waals surface area contributed by atoms with Crippen LogP contribution in [0.15, 0.2) is 47.6 Å². The highest BCUT2D eigenvalue weighted by Gasteiger charge is 2.25. The molecule has 6 nitrogen and oxygen atoms in total. The Bertz CT molecular complexity index is 863. The molecule has 1 aromatic carbocycles. The van der Waals surface area contributed by atoms with Crippen LogP contribution in [0.3, 0.4) is 0 Å². The zero-order valence-corrected chi connectivity index (χ0v) is 18.0. The molecule has 0 spiro atoms. The molecule has 1 N–H and O–H groups in total. The molecule has 2 heterocycles. The van der Waals surface area contributed by atoms with Gasteiger partial charge in [-0.3, -0.25) is 9.59 Å². The Hall–Kier alpha value is -2.54. The van der Waals surface area contributed by atoms with Gasteiger partial charge in [-0.05, 0) is 55.3 Å². The average Bonchev–Trinajstić information content (AvgIpc) is 2.77. The van der Waals surface area contributed by atoms with Crippen molar-refractivity contribution in [2.24, 2.45) is 5.92 Å². The Kier molecular flexibility index (Phi) is 7.14. The molecule has 29 heavy (non-hydrogen) atoms. The molecule has 1 aliphatic rings. The fourth-order valence-corrected chi connectivity index (χ4v) is 4.03. The lowest BCUT2D eigenvalue weighted by molar-refractivity contribution is 0.0680. The minimum absolute atomic E-state index is 0.0467. The van der Waals surface area contributed by atoms with Crippen molar-refractivity contribution >= 4 is 29.3 Å². The molecule has 3 rings (SSSR count). The summed E-state index contributed by atoms with van der Waals surface area (Å²) in [5.74, 6) is 0.381. The second-order valence-electron chi connectivity index (χ2n) is 7.45. The van der Waals surface area contributed by atoms with Crippen LogP contribution in [-0.2, 0) is 0 Å². The number of piperidine rings is 1. The van der Waals surface area contributed by atoms with Crippen molar-refractivity contribution in [1.29, 1.82) is 0 Å². The molecule has 0 atom stereocenters. The van der Waals surface area contributed by atoms with Crippen LogP contribution in [0.5, 0.6) is 0 Å². The van der Waals surface area contributed by atoms with Gasteiger partial charge in [-0.2, -0.15) is 0 Å². The van der Waals surface area contributed by atoms with Crippen LogP contribution in [-0.4, -0.2) is 61.7 Å². The third-order valence-corrected chi connectivity index (χ3v) is 5.98. The van der Waals surface area contributed by atoms with Crippen molar-refractivity contribution in [2.45, 2.75) is 17.9 Å². The van der Waals surface area contributed by atoms with Crippen LogP contribution in [0.4, 0.5) is 5.69 Å². The van der Waals surface area contributed by atoms with E-state index >= 15 is 0 Å². The third-order valence-electron chi connectivity index (χ3n) is 5.27. The van der Waals surface area contributed by atoms with Gasteiger partial charge >= 0.3 is 0 Å². The fourth-order valence-electron chi connectivity index (χ4n) is 3.49. The van der Waals surface area contributed by atoms with Gasteiger partial charge in [0, 0.05) is 51.2 Å². The Morgan fingerprint density at radius 1 is 1.21 bits per heavy atom. The average molecular weight is 413 g/mol. The Morgan fingerprint density at radius 3 is 2.66 bits per heavy atom. The molecule has 2 amide bonds. The number of likely N-dealkylation sites (tertiary alicyclic amines) is 1. The second-order valence-corrected chi connectivity index (χ2v) is 8.25. The molecule has 1 aliphatic heterocycles. The molecule has 2 aromatic rings. The predicted molar refractivity (Wildman–Crippen MR) is 118 cm³/mol. The van der Waals surface area contributed by atoms with E-state index in [4.69, 9.17) is 0 Å². The lowest BCUT2D eigenvalue weighted by atomic mass is 9.96. The lowest BCUT2D eigenvalue weighted by Crippen LogP contribution is -2.41. The van der Waals surface area contributed by atoms with Crippen LogP contribution in [0.25, 0.3) is 0 Å². The molecule has 0 unspecified atom stereocenters. The summed E-state index contributed by atoms with van der Waals surface area (Å²) >= 11 is 1.49. The summed E-state index contributed by atoms with van der Waals surface area (Å²) in [7, 11) is 3.92. The van der Waals surface area contributed by atoms with E-state index in [1.54, 1.807) is 12.3 Å². The third kappa shape index (κ3) is 5.29. The van der Waals surface area contributed by atoms with E-state index in [0.29, 0.717) is 36.7 Å². The van der Waals surface area contributed by atoms with Gasteiger partial charge < -0.3 is 15.1 Å². The maximum atomic E-state index is 12.8. The van der Waals surface area contributed by atoms with Crippen molar-refractivity contribution in [2.75, 3.05) is 44.9 Å². The van der Waals surface area contributed by atoms with Gasteiger partial charge in [-0.1, -0.05) is 6.07 Å². The largest absolute Gasteiger partial charge is 0.378 e. The number of rotatable bonds is 6. The van der Waals surface area contributed by atoms with Crippen LogP contribution in [0, 0.1) is 5.92 Å². The van der Waals surface area contributed by atoms with Crippen molar-refractivity contribution in [1.82, 2.24) is 15.2 Å². The Labute approximate surface area is 176 Å². The maximum Gasteiger partial charge on any atom is 0.256 e. The van der Waals surface area contributed by atoms with E-state index in [-0.39, 0.29) is 11.8 Å². The van der Waals surface area contributed by atoms with Crippen molar-refractivity contribution in [3.05, 3.63) is 53.7 Å². The van der Waals surface area contributed by atoms with Gasteiger partial charge in [0.05, 0.1) is 5.56 Å². The Morgan fingerprint density at radius 2 is 1.97 bits per heavy atom. The summed E-state index contributed by atoms with van der Waals surface area (Å²) in [6.07, 6.45) is 5.42. The number of hydrogen-bond acceptors (Lipinski definition) is 5. The highest BCUT2D eigenvalue weighted by molar-refractivity contribution is 7.98. The van der Waals surface area contributed by atoms with Crippen molar-refractivity contribution < 1.29 is 9.59 Å². The van der Waals surface area contributed by atoms with E-state index in [9.17, 15) is 9.59 Å². The first kappa shape index (κ1) is 21.2. The highest BCUT2D eigenvalue weighted by Crippen LogP contribution is 2.23. The number of carbonyl (C=O) groups is 2. The number of amides is 2. The quantitative estimate of drug-likeness (QED) is 0.739. The molecule has 0 saturated carbocycles. The van der Waals surface area contributed by atoms with Gasteiger partial charge in [-0.25, -0.2) is 4.98 Å². The van der Waals surface area contributed by atoms with Gasteiger partial charge in [0.1, 0.15) is 5.03 Å². The van der Waals surface area contributed by atoms with Crippen molar-refractivity contribution in [3.63, 3.8) is 0 Å². The normalized spacial score (nSPS) is 14.5. The molecule has 0 radical (unpaired) electrons. The zero-order chi connectivity index (χ0) is 20.8. The van der Waals surface area contributed by atoms with E-state index < -0.39 is 0 Å². The molecule has 1 fully saturated rings. The van der Waals surface area contributed by atoms with E-state index in [1.165, 1.54) is 11.8 Å². The molecule has 1 saturated heterocycles. The maximum absolute atomic E-state index is 12.8. The van der Waals surface area contributed by atoms with Crippen LogP contribution in [0.2, 0.25) is 0 Å². The predicted octanol–water partition coefficient (Wildman–Crippen LogP) is 3.15. The Balaban J connectivity index is 1.50. The number of aromatic nitrogens is 1. The van der Waals surface area contributed by atoms with Gasteiger partial charge in [0.25, 0.3) is 11.8 Å². The topological polar surface area (TPSA) is 65.5 Å². The van der Waals surface area contributed by atoms with E-state index in [0.717, 1.165) is 23.6 Å².